The van der Waals surface area contributed by atoms with Crippen LogP contribution in [0.3, 0.4) is 0 Å². The van der Waals surface area contributed by atoms with E-state index < -0.39 is 11.6 Å². The molecule has 0 fully saturated rings. The number of aromatic amines is 1. The van der Waals surface area contributed by atoms with Crippen molar-refractivity contribution in [1.82, 2.24) is 4.98 Å². The fourth-order valence-corrected chi connectivity index (χ4v) is 2.38. The lowest BCUT2D eigenvalue weighted by Gasteiger charge is -2.02. The molecular formula is C15H8ClF2NO. The van der Waals surface area contributed by atoms with E-state index in [0.717, 1.165) is 12.1 Å². The lowest BCUT2D eigenvalue weighted by molar-refractivity contribution is 0.112. The van der Waals surface area contributed by atoms with E-state index in [0.29, 0.717) is 33.5 Å². The van der Waals surface area contributed by atoms with E-state index in [4.69, 9.17) is 11.6 Å². The molecule has 0 atom stereocenters. The first-order chi connectivity index (χ1) is 9.60. The van der Waals surface area contributed by atoms with Crippen molar-refractivity contribution in [3.05, 3.63) is 58.6 Å². The van der Waals surface area contributed by atoms with Crippen LogP contribution in [0.4, 0.5) is 8.78 Å². The van der Waals surface area contributed by atoms with Gasteiger partial charge in [-0.2, -0.15) is 0 Å². The summed E-state index contributed by atoms with van der Waals surface area (Å²) >= 11 is 5.90. The highest BCUT2D eigenvalue weighted by Gasteiger charge is 2.16. The lowest BCUT2D eigenvalue weighted by Crippen LogP contribution is -1.90. The van der Waals surface area contributed by atoms with E-state index in [1.807, 2.05) is 0 Å². The number of nitrogens with one attached hydrogen (secondary N) is 1. The molecule has 0 spiro atoms. The zero-order chi connectivity index (χ0) is 14.3. The molecule has 1 heterocycles. The van der Waals surface area contributed by atoms with Crippen molar-refractivity contribution in [1.29, 1.82) is 0 Å². The number of aromatic nitrogens is 1. The number of carbonyl (C=O) groups excluding carboxylic acids is 1. The summed E-state index contributed by atoms with van der Waals surface area (Å²) in [6.07, 6.45) is 0.632. The van der Waals surface area contributed by atoms with Crippen LogP contribution in [0.2, 0.25) is 5.02 Å². The molecule has 3 aromatic rings. The van der Waals surface area contributed by atoms with Gasteiger partial charge in [-0.25, -0.2) is 8.78 Å². The first kappa shape index (κ1) is 12.8. The third kappa shape index (κ3) is 1.98. The molecule has 0 amide bonds. The van der Waals surface area contributed by atoms with Crippen molar-refractivity contribution in [2.24, 2.45) is 0 Å². The Hall–Kier alpha value is -2.20. The van der Waals surface area contributed by atoms with Crippen molar-refractivity contribution in [3.8, 4) is 11.3 Å². The Morgan fingerprint density at radius 1 is 1.10 bits per heavy atom. The van der Waals surface area contributed by atoms with Gasteiger partial charge < -0.3 is 4.98 Å². The Bertz CT molecular complexity index is 826. The summed E-state index contributed by atoms with van der Waals surface area (Å²) < 4.78 is 26.8. The second-order valence-electron chi connectivity index (χ2n) is 4.35. The zero-order valence-electron chi connectivity index (χ0n) is 10.1. The molecule has 5 heteroatoms. The zero-order valence-corrected chi connectivity index (χ0v) is 10.8. The Kier molecular flexibility index (Phi) is 3.03. The Balaban J connectivity index is 2.33. The second kappa shape index (κ2) is 4.72. The molecular weight excluding hydrogens is 284 g/mol. The molecule has 100 valence electrons. The Morgan fingerprint density at radius 2 is 1.90 bits per heavy atom. The number of carbonyl (C=O) groups is 1. The molecule has 0 aliphatic rings. The fourth-order valence-electron chi connectivity index (χ4n) is 2.21. The van der Waals surface area contributed by atoms with Gasteiger partial charge in [0.25, 0.3) is 0 Å². The number of benzene rings is 2. The van der Waals surface area contributed by atoms with Crippen molar-refractivity contribution in [2.45, 2.75) is 0 Å². The van der Waals surface area contributed by atoms with Crippen LogP contribution in [0.5, 0.6) is 0 Å². The maximum absolute atomic E-state index is 13.9. The van der Waals surface area contributed by atoms with Crippen molar-refractivity contribution in [3.63, 3.8) is 0 Å². The largest absolute Gasteiger partial charge is 0.354 e. The van der Waals surface area contributed by atoms with Gasteiger partial charge in [0.15, 0.2) is 6.29 Å². The fraction of sp³-hybridized carbons (Fsp3) is 0. The van der Waals surface area contributed by atoms with E-state index in [1.165, 1.54) is 6.07 Å². The van der Waals surface area contributed by atoms with E-state index in [-0.39, 0.29) is 5.56 Å². The SMILES string of the molecule is O=Cc1c(-c2ccc(F)cc2F)[nH]c2ccc(Cl)cc12. The minimum absolute atomic E-state index is 0.140. The highest BCUT2D eigenvalue weighted by Crippen LogP contribution is 2.32. The van der Waals surface area contributed by atoms with Gasteiger partial charge in [-0.15, -0.1) is 0 Å². The summed E-state index contributed by atoms with van der Waals surface area (Å²) in [6, 6.07) is 8.22. The predicted octanol–water partition coefficient (Wildman–Crippen LogP) is 4.58. The van der Waals surface area contributed by atoms with E-state index in [9.17, 15) is 13.6 Å². The average Bonchev–Trinajstić information content (AvgIpc) is 2.76. The number of fused-ring (bicyclic) bond motifs is 1. The molecule has 0 unspecified atom stereocenters. The van der Waals surface area contributed by atoms with Crippen LogP contribution >= 0.6 is 11.6 Å². The van der Waals surface area contributed by atoms with E-state index >= 15 is 0 Å². The van der Waals surface area contributed by atoms with Crippen molar-refractivity contribution in [2.75, 3.05) is 0 Å². The smallest absolute Gasteiger partial charge is 0.152 e. The molecule has 0 bridgehead atoms. The van der Waals surface area contributed by atoms with Gasteiger partial charge in [-0.05, 0) is 30.3 Å². The molecule has 2 nitrogen and oxygen atoms in total. The van der Waals surface area contributed by atoms with Gasteiger partial charge >= 0.3 is 0 Å². The molecule has 1 aromatic heterocycles. The summed E-state index contributed by atoms with van der Waals surface area (Å²) in [5.74, 6) is -1.40. The van der Waals surface area contributed by atoms with Crippen LogP contribution in [0.25, 0.3) is 22.2 Å². The first-order valence-corrected chi connectivity index (χ1v) is 6.20. The number of aldehydes is 1. The van der Waals surface area contributed by atoms with Crippen LogP contribution in [0, 0.1) is 11.6 Å². The van der Waals surface area contributed by atoms with Gasteiger partial charge in [0.2, 0.25) is 0 Å². The molecule has 0 saturated heterocycles. The minimum atomic E-state index is -0.731. The van der Waals surface area contributed by atoms with Gasteiger partial charge in [0.05, 0.1) is 5.69 Å². The number of halogens is 3. The third-order valence-corrected chi connectivity index (χ3v) is 3.35. The number of hydrogen-bond donors (Lipinski definition) is 1. The third-order valence-electron chi connectivity index (χ3n) is 3.12. The van der Waals surface area contributed by atoms with Crippen molar-refractivity contribution < 1.29 is 13.6 Å². The second-order valence-corrected chi connectivity index (χ2v) is 4.78. The number of hydrogen-bond acceptors (Lipinski definition) is 1. The lowest BCUT2D eigenvalue weighted by atomic mass is 10.1. The van der Waals surface area contributed by atoms with Gasteiger partial charge in [-0.1, -0.05) is 11.6 Å². The summed E-state index contributed by atoms with van der Waals surface area (Å²) in [4.78, 5) is 14.3. The molecule has 0 aliphatic heterocycles. The average molecular weight is 292 g/mol. The van der Waals surface area contributed by atoms with E-state index in [1.54, 1.807) is 18.2 Å². The highest BCUT2D eigenvalue weighted by molar-refractivity contribution is 6.31. The number of rotatable bonds is 2. The first-order valence-electron chi connectivity index (χ1n) is 5.82. The maximum atomic E-state index is 13.9. The maximum Gasteiger partial charge on any atom is 0.152 e. The molecule has 1 N–H and O–H groups in total. The van der Waals surface area contributed by atoms with Crippen LogP contribution in [0.1, 0.15) is 10.4 Å². The predicted molar refractivity (Wildman–Crippen MR) is 74.0 cm³/mol. The van der Waals surface area contributed by atoms with Gasteiger partial charge in [0, 0.05) is 33.1 Å². The normalized spacial score (nSPS) is 10.9. The van der Waals surface area contributed by atoms with Crippen LogP contribution in [-0.4, -0.2) is 11.3 Å². The molecule has 0 aliphatic carbocycles. The Morgan fingerprint density at radius 3 is 2.60 bits per heavy atom. The summed E-state index contributed by atoms with van der Waals surface area (Å²) in [6.45, 7) is 0. The molecule has 3 rings (SSSR count). The van der Waals surface area contributed by atoms with Gasteiger partial charge in [-0.3, -0.25) is 4.79 Å². The monoisotopic (exact) mass is 291 g/mol. The van der Waals surface area contributed by atoms with Crippen LogP contribution in [0.15, 0.2) is 36.4 Å². The van der Waals surface area contributed by atoms with Gasteiger partial charge in [0.1, 0.15) is 11.6 Å². The van der Waals surface area contributed by atoms with Crippen molar-refractivity contribution >= 4 is 28.8 Å². The molecule has 0 radical (unpaired) electrons. The summed E-state index contributed by atoms with van der Waals surface area (Å²) in [5, 5.41) is 1.08. The summed E-state index contributed by atoms with van der Waals surface area (Å²) in [7, 11) is 0. The Labute approximate surface area is 118 Å². The highest BCUT2D eigenvalue weighted by atomic mass is 35.5. The molecule has 2 aromatic carbocycles. The number of H-pyrrole nitrogens is 1. The quantitative estimate of drug-likeness (QED) is 0.689. The van der Waals surface area contributed by atoms with Crippen LogP contribution in [-0.2, 0) is 0 Å². The van der Waals surface area contributed by atoms with Crippen LogP contribution < -0.4 is 0 Å². The summed E-state index contributed by atoms with van der Waals surface area (Å²) in [5.41, 5.74) is 1.42. The topological polar surface area (TPSA) is 32.9 Å². The molecule has 20 heavy (non-hydrogen) atoms. The minimum Gasteiger partial charge on any atom is -0.354 e. The van der Waals surface area contributed by atoms with E-state index in [2.05, 4.69) is 4.98 Å². The molecule has 0 saturated carbocycles. The standard InChI is InChI=1S/C15H8ClF2NO/c16-8-1-4-14-11(5-8)12(7-20)15(19-14)10-3-2-9(17)6-13(10)18/h1-7,19H.